The van der Waals surface area contributed by atoms with Gasteiger partial charge in [-0.05, 0) is 30.8 Å². The molecule has 0 saturated carbocycles. The van der Waals surface area contributed by atoms with Gasteiger partial charge in [0.15, 0.2) is 17.7 Å². The largest absolute Gasteiger partial charge is 0.387 e. The second-order valence-corrected chi connectivity index (χ2v) is 10.6. The molecule has 2 aromatic heterocycles. The van der Waals surface area contributed by atoms with Crippen LogP contribution >= 0.6 is 11.8 Å². The molecule has 16 heteroatoms. The van der Waals surface area contributed by atoms with Crippen LogP contribution < -0.4 is 16.2 Å². The molecule has 0 radical (unpaired) electrons. The van der Waals surface area contributed by atoms with E-state index in [1.807, 2.05) is 6.26 Å². The van der Waals surface area contributed by atoms with E-state index < -0.39 is 53.4 Å². The van der Waals surface area contributed by atoms with Gasteiger partial charge in [0.1, 0.15) is 23.8 Å². The minimum atomic E-state index is -4.54. The van der Waals surface area contributed by atoms with Gasteiger partial charge in [0, 0.05) is 6.42 Å². The molecule has 1 fully saturated rings. The number of hydrogen-bond donors (Lipinski definition) is 5. The third-order valence-electron chi connectivity index (χ3n) is 5.50. The summed E-state index contributed by atoms with van der Waals surface area (Å²) >= 11 is 1.46. The van der Waals surface area contributed by atoms with Crippen LogP contribution in [-0.4, -0.2) is 87.0 Å². The van der Waals surface area contributed by atoms with Gasteiger partial charge in [0.05, 0.1) is 19.0 Å². The number of anilines is 1. The molecule has 0 spiro atoms. The zero-order valence-electron chi connectivity index (χ0n) is 20.4. The number of thioether (sulfide) groups is 1. The predicted octanol–water partition coefficient (Wildman–Crippen LogP) is -0.973. The van der Waals surface area contributed by atoms with Gasteiger partial charge >= 0.3 is 10.3 Å². The third-order valence-corrected chi connectivity index (χ3v) is 7.04. The lowest BCUT2D eigenvalue weighted by molar-refractivity contribution is -0.120. The smallest absolute Gasteiger partial charge is 0.362 e. The van der Waals surface area contributed by atoms with Crippen LogP contribution in [0.1, 0.15) is 44.7 Å². The number of carbonyl (C=O) groups excluding carboxylic acids is 1. The maximum absolute atomic E-state index is 12.2. The number of fused-ring (bicyclic) bond motifs is 1. The second-order valence-electron chi connectivity index (χ2n) is 8.30. The van der Waals surface area contributed by atoms with Crippen molar-refractivity contribution in [2.24, 2.45) is 5.73 Å². The van der Waals surface area contributed by atoms with Crippen molar-refractivity contribution in [1.82, 2.24) is 24.2 Å². The zero-order valence-corrected chi connectivity index (χ0v) is 22.0. The lowest BCUT2D eigenvalue weighted by Crippen LogP contribution is -2.45. The number of aliphatic hydroxyl groups excluding tert-OH is 2. The van der Waals surface area contributed by atoms with Crippen LogP contribution in [0.5, 0.6) is 0 Å². The van der Waals surface area contributed by atoms with Gasteiger partial charge in [-0.1, -0.05) is 19.3 Å². The van der Waals surface area contributed by atoms with Crippen LogP contribution in [0.4, 0.5) is 5.82 Å². The van der Waals surface area contributed by atoms with Crippen LogP contribution in [0.15, 0.2) is 6.33 Å². The van der Waals surface area contributed by atoms with Gasteiger partial charge < -0.3 is 26.4 Å². The number of nitrogens with two attached hydrogens (primary N) is 2. The first-order valence-corrected chi connectivity index (χ1v) is 14.3. The molecular weight excluding hydrogens is 526 g/mol. The van der Waals surface area contributed by atoms with E-state index in [2.05, 4.69) is 33.7 Å². The van der Waals surface area contributed by atoms with Crippen molar-refractivity contribution in [2.75, 3.05) is 24.3 Å². The Hall–Kier alpha value is -2.52. The number of nitrogens with one attached hydrogen (secondary N) is 1. The van der Waals surface area contributed by atoms with Crippen molar-refractivity contribution >= 4 is 45.0 Å². The first kappa shape index (κ1) is 29.0. The molecule has 2 aromatic rings. The Balaban J connectivity index is 1.71. The molecule has 37 heavy (non-hydrogen) atoms. The molecule has 5 atom stereocenters. The average Bonchev–Trinajstić information content (AvgIpc) is 3.40. The van der Waals surface area contributed by atoms with Gasteiger partial charge in [-0.25, -0.2) is 19.7 Å². The van der Waals surface area contributed by atoms with Crippen molar-refractivity contribution in [3.8, 4) is 11.8 Å². The molecule has 0 unspecified atom stereocenters. The molecule has 3 rings (SSSR count). The fraction of sp³-hybridized carbons (Fsp3) is 0.619. The Kier molecular flexibility index (Phi) is 10.1. The van der Waals surface area contributed by atoms with Crippen molar-refractivity contribution in [3.63, 3.8) is 0 Å². The van der Waals surface area contributed by atoms with Crippen LogP contribution in [0, 0.1) is 11.8 Å². The molecule has 1 amide bonds. The Labute approximate surface area is 218 Å². The van der Waals surface area contributed by atoms with Crippen molar-refractivity contribution < 1.29 is 32.3 Å². The molecule has 7 N–H and O–H groups in total. The van der Waals surface area contributed by atoms with Crippen LogP contribution in [0.25, 0.3) is 11.2 Å². The number of aromatic nitrogens is 4. The average molecular weight is 558 g/mol. The maximum Gasteiger partial charge on any atom is 0.362 e. The molecule has 0 aliphatic carbocycles. The summed E-state index contributed by atoms with van der Waals surface area (Å²) in [4.78, 5) is 24.6. The quantitative estimate of drug-likeness (QED) is 0.166. The van der Waals surface area contributed by atoms with E-state index in [4.69, 9.17) is 20.4 Å². The van der Waals surface area contributed by atoms with Gasteiger partial charge in [-0.2, -0.15) is 20.2 Å². The van der Waals surface area contributed by atoms with E-state index in [1.54, 1.807) is 4.72 Å². The summed E-state index contributed by atoms with van der Waals surface area (Å²) in [5, 5.41) is 21.1. The van der Waals surface area contributed by atoms with Crippen LogP contribution in [0.3, 0.4) is 0 Å². The highest BCUT2D eigenvalue weighted by molar-refractivity contribution is 7.98. The normalized spacial score (nSPS) is 22.5. The topological polar surface area (TPSA) is 218 Å². The van der Waals surface area contributed by atoms with Crippen molar-refractivity contribution in [3.05, 3.63) is 12.2 Å². The molecule has 1 aliphatic rings. The first-order chi connectivity index (χ1) is 17.6. The molecule has 3 heterocycles. The number of nitrogen functional groups attached to an aromatic ring is 1. The second kappa shape index (κ2) is 12.8. The highest BCUT2D eigenvalue weighted by Gasteiger charge is 2.45. The highest BCUT2D eigenvalue weighted by atomic mass is 32.2. The van der Waals surface area contributed by atoms with E-state index >= 15 is 0 Å². The van der Waals surface area contributed by atoms with Crippen molar-refractivity contribution in [2.45, 2.75) is 63.2 Å². The van der Waals surface area contributed by atoms with Gasteiger partial charge in [0.2, 0.25) is 5.82 Å². The van der Waals surface area contributed by atoms with E-state index in [9.17, 15) is 23.4 Å². The summed E-state index contributed by atoms with van der Waals surface area (Å²) < 4.78 is 37.9. The molecule has 0 bridgehead atoms. The number of nitrogens with zero attached hydrogens (tertiary/aromatic N) is 4. The molecule has 204 valence electrons. The standard InChI is InChI=1S/C21H31N7O7S2/c1-3-4-5-6-7-14-25-18(23)15-19(26-14)28(11-24-15)21-17(30)16(29)13(35-21)10-34-37(32,33)27-20(31)12(22)8-9-36-2/h11-13,16-17,21,29-30H,3-5,8-10,22H2,1-2H3,(H,27,31)(H2,23,25,26)/t12-,13+,16+,17-,21-/m0/s1. The van der Waals surface area contributed by atoms with Crippen LogP contribution in [-0.2, 0) is 24.0 Å². The zero-order chi connectivity index (χ0) is 27.2. The lowest BCUT2D eigenvalue weighted by atomic mass is 10.1. The van der Waals surface area contributed by atoms with Crippen molar-refractivity contribution in [1.29, 1.82) is 0 Å². The molecule has 1 saturated heterocycles. The van der Waals surface area contributed by atoms with E-state index in [0.29, 0.717) is 12.2 Å². The number of carbonyl (C=O) groups is 1. The number of hydrogen-bond acceptors (Lipinski definition) is 13. The molecule has 14 nitrogen and oxygen atoms in total. The summed E-state index contributed by atoms with van der Waals surface area (Å²) in [5.41, 5.74) is 12.1. The maximum atomic E-state index is 12.2. The minimum absolute atomic E-state index is 0.0778. The third kappa shape index (κ3) is 7.29. The number of amides is 1. The molecular formula is C21H31N7O7S2. The summed E-state index contributed by atoms with van der Waals surface area (Å²) in [6.45, 7) is 1.37. The fourth-order valence-corrected chi connectivity index (χ4v) is 4.70. The highest BCUT2D eigenvalue weighted by Crippen LogP contribution is 2.32. The molecule has 0 aromatic carbocycles. The predicted molar refractivity (Wildman–Crippen MR) is 136 cm³/mol. The number of ether oxygens (including phenoxy) is 1. The Morgan fingerprint density at radius 2 is 2.14 bits per heavy atom. The summed E-state index contributed by atoms with van der Waals surface area (Å²) in [5.74, 6) is 5.70. The summed E-state index contributed by atoms with van der Waals surface area (Å²) in [7, 11) is -4.54. The van der Waals surface area contributed by atoms with Gasteiger partial charge in [0.25, 0.3) is 5.91 Å². The number of rotatable bonds is 11. The van der Waals surface area contributed by atoms with Crippen LogP contribution in [0.2, 0.25) is 0 Å². The SMILES string of the molecule is CCCCC#Cc1nc(N)c2ncn([C@H]3O[C@H](COS(=O)(=O)NC(=O)[C@@H](N)CCSC)[C@@H](O)[C@@H]3O)c2n1. The van der Waals surface area contributed by atoms with Gasteiger partial charge in [-0.3, -0.25) is 13.5 Å². The Bertz CT molecular complexity index is 1260. The molecule has 1 aliphatic heterocycles. The minimum Gasteiger partial charge on any atom is -0.387 e. The van der Waals surface area contributed by atoms with Gasteiger partial charge in [-0.15, -0.1) is 0 Å². The Morgan fingerprint density at radius 1 is 1.38 bits per heavy atom. The number of unbranched alkanes of at least 4 members (excludes halogenated alkanes) is 2. The Morgan fingerprint density at radius 3 is 2.84 bits per heavy atom. The lowest BCUT2D eigenvalue weighted by Gasteiger charge is -2.17. The fourth-order valence-electron chi connectivity index (χ4n) is 3.44. The van der Waals surface area contributed by atoms with E-state index in [1.165, 1.54) is 22.7 Å². The number of aliphatic hydroxyl groups is 2. The summed E-state index contributed by atoms with van der Waals surface area (Å²) in [6.07, 6.45) is 0.535. The number of imidazole rings is 1. The monoisotopic (exact) mass is 557 g/mol. The summed E-state index contributed by atoms with van der Waals surface area (Å²) in [6, 6.07) is -1.03. The van der Waals surface area contributed by atoms with E-state index in [0.717, 1.165) is 12.8 Å². The van der Waals surface area contributed by atoms with E-state index in [-0.39, 0.29) is 29.2 Å². The first-order valence-electron chi connectivity index (χ1n) is 11.5.